The molecule has 4 heteroatoms. The molecule has 4 rings (SSSR count). The van der Waals surface area contributed by atoms with Crippen LogP contribution in [-0.4, -0.2) is 40.6 Å². The zero-order valence-corrected chi connectivity index (χ0v) is 12.0. The first-order valence-electron chi connectivity index (χ1n) is 7.76. The maximum absolute atomic E-state index is 4.95. The van der Waals surface area contributed by atoms with E-state index < -0.39 is 0 Å². The molecule has 1 saturated carbocycles. The highest BCUT2D eigenvalue weighted by atomic mass is 15.3. The summed E-state index contributed by atoms with van der Waals surface area (Å²) in [7, 11) is 0. The summed E-state index contributed by atoms with van der Waals surface area (Å²) in [5, 5.41) is 3.43. The largest absolute Gasteiger partial charge is 0.324 e. The minimum Gasteiger partial charge on any atom is -0.324 e. The predicted molar refractivity (Wildman–Crippen MR) is 80.9 cm³/mol. The number of nitrogens with one attached hydrogen (secondary N) is 1. The van der Waals surface area contributed by atoms with E-state index in [4.69, 9.17) is 4.98 Å². The van der Waals surface area contributed by atoms with Gasteiger partial charge in [-0.1, -0.05) is 12.1 Å². The minimum absolute atomic E-state index is 0.408. The first-order chi connectivity index (χ1) is 9.84. The molecule has 1 atom stereocenters. The SMILES string of the molecule is CC(c1nc2ccccc2n1C1CC1)N1CCNCC1. The van der Waals surface area contributed by atoms with Crippen LogP contribution in [0.3, 0.4) is 0 Å². The lowest BCUT2D eigenvalue weighted by Crippen LogP contribution is -2.45. The number of benzene rings is 1. The molecule has 1 aliphatic carbocycles. The smallest absolute Gasteiger partial charge is 0.127 e. The molecule has 1 unspecified atom stereocenters. The normalized spacial score (nSPS) is 22.2. The molecule has 2 heterocycles. The van der Waals surface area contributed by atoms with Crippen molar-refractivity contribution in [2.24, 2.45) is 0 Å². The molecular weight excluding hydrogens is 248 g/mol. The third kappa shape index (κ3) is 2.03. The molecule has 0 amide bonds. The van der Waals surface area contributed by atoms with Gasteiger partial charge >= 0.3 is 0 Å². The van der Waals surface area contributed by atoms with Gasteiger partial charge in [0.15, 0.2) is 0 Å². The first kappa shape index (κ1) is 12.4. The molecule has 20 heavy (non-hydrogen) atoms. The molecule has 1 saturated heterocycles. The van der Waals surface area contributed by atoms with Gasteiger partial charge in [-0.25, -0.2) is 4.98 Å². The second-order valence-electron chi connectivity index (χ2n) is 6.02. The van der Waals surface area contributed by atoms with E-state index in [2.05, 4.69) is 46.0 Å². The molecular formula is C16H22N4. The number of piperazine rings is 1. The zero-order valence-electron chi connectivity index (χ0n) is 12.0. The Balaban J connectivity index is 1.76. The van der Waals surface area contributed by atoms with Crippen molar-refractivity contribution in [2.75, 3.05) is 26.2 Å². The Hall–Kier alpha value is -1.39. The van der Waals surface area contributed by atoms with E-state index in [-0.39, 0.29) is 0 Å². The quantitative estimate of drug-likeness (QED) is 0.929. The topological polar surface area (TPSA) is 33.1 Å². The van der Waals surface area contributed by atoms with Gasteiger partial charge in [0.2, 0.25) is 0 Å². The van der Waals surface area contributed by atoms with E-state index in [0.717, 1.165) is 31.7 Å². The summed E-state index contributed by atoms with van der Waals surface area (Å²) >= 11 is 0. The molecule has 2 aromatic rings. The number of hydrogen-bond acceptors (Lipinski definition) is 3. The Bertz CT molecular complexity index is 608. The van der Waals surface area contributed by atoms with Crippen molar-refractivity contribution >= 4 is 11.0 Å². The van der Waals surface area contributed by atoms with Crippen molar-refractivity contribution in [1.29, 1.82) is 0 Å². The average molecular weight is 270 g/mol. The van der Waals surface area contributed by atoms with Gasteiger partial charge < -0.3 is 9.88 Å². The van der Waals surface area contributed by atoms with Gasteiger partial charge in [-0.2, -0.15) is 0 Å². The van der Waals surface area contributed by atoms with E-state index in [0.29, 0.717) is 12.1 Å². The van der Waals surface area contributed by atoms with Crippen molar-refractivity contribution in [2.45, 2.75) is 31.8 Å². The standard InChI is InChI=1S/C16H22N4/c1-12(19-10-8-17-9-11-19)16-18-14-4-2-3-5-15(14)20(16)13-6-7-13/h2-5,12-13,17H,6-11H2,1H3. The van der Waals surface area contributed by atoms with Gasteiger partial charge in [0.05, 0.1) is 17.1 Å². The number of imidazole rings is 1. The Labute approximate surface area is 119 Å². The molecule has 2 aliphatic rings. The second-order valence-corrected chi connectivity index (χ2v) is 6.02. The van der Waals surface area contributed by atoms with Crippen LogP contribution in [0.5, 0.6) is 0 Å². The lowest BCUT2D eigenvalue weighted by molar-refractivity contribution is 0.176. The molecule has 0 spiro atoms. The van der Waals surface area contributed by atoms with Crippen LogP contribution in [0.15, 0.2) is 24.3 Å². The Kier molecular flexibility index (Phi) is 3.00. The van der Waals surface area contributed by atoms with E-state index in [1.54, 1.807) is 0 Å². The summed E-state index contributed by atoms with van der Waals surface area (Å²) in [4.78, 5) is 7.50. The van der Waals surface area contributed by atoms with Crippen molar-refractivity contribution in [1.82, 2.24) is 19.8 Å². The molecule has 1 aliphatic heterocycles. The third-order valence-corrected chi connectivity index (χ3v) is 4.61. The molecule has 1 aromatic heterocycles. The maximum atomic E-state index is 4.95. The maximum Gasteiger partial charge on any atom is 0.127 e. The van der Waals surface area contributed by atoms with E-state index in [1.807, 2.05) is 0 Å². The lowest BCUT2D eigenvalue weighted by Gasteiger charge is -2.32. The number of hydrogen-bond donors (Lipinski definition) is 1. The number of para-hydroxylation sites is 2. The molecule has 0 bridgehead atoms. The molecule has 2 fully saturated rings. The van der Waals surface area contributed by atoms with E-state index in [1.165, 1.54) is 24.2 Å². The highest BCUT2D eigenvalue weighted by Crippen LogP contribution is 2.40. The van der Waals surface area contributed by atoms with Gasteiger partial charge in [-0.15, -0.1) is 0 Å². The molecule has 1 N–H and O–H groups in total. The van der Waals surface area contributed by atoms with E-state index in [9.17, 15) is 0 Å². The fraction of sp³-hybridized carbons (Fsp3) is 0.562. The number of nitrogens with zero attached hydrogens (tertiary/aromatic N) is 3. The van der Waals surface area contributed by atoms with Gasteiger partial charge in [0.25, 0.3) is 0 Å². The average Bonchev–Trinajstić information content (AvgIpc) is 3.27. The Morgan fingerprint density at radius 1 is 1.20 bits per heavy atom. The summed E-state index contributed by atoms with van der Waals surface area (Å²) in [6.45, 7) is 6.73. The van der Waals surface area contributed by atoms with Gasteiger partial charge in [0.1, 0.15) is 5.82 Å². The van der Waals surface area contributed by atoms with Crippen molar-refractivity contribution in [3.63, 3.8) is 0 Å². The third-order valence-electron chi connectivity index (χ3n) is 4.61. The molecule has 4 nitrogen and oxygen atoms in total. The predicted octanol–water partition coefficient (Wildman–Crippen LogP) is 2.34. The van der Waals surface area contributed by atoms with Gasteiger partial charge in [-0.05, 0) is 31.9 Å². The molecule has 106 valence electrons. The highest BCUT2D eigenvalue weighted by Gasteiger charge is 2.31. The van der Waals surface area contributed by atoms with Crippen LogP contribution >= 0.6 is 0 Å². The van der Waals surface area contributed by atoms with Crippen LogP contribution in [0.1, 0.15) is 37.7 Å². The fourth-order valence-electron chi connectivity index (χ4n) is 3.31. The van der Waals surface area contributed by atoms with E-state index >= 15 is 0 Å². The van der Waals surface area contributed by atoms with Gasteiger partial charge in [0, 0.05) is 32.2 Å². The summed E-state index contributed by atoms with van der Waals surface area (Å²) in [6, 6.07) is 9.66. The summed E-state index contributed by atoms with van der Waals surface area (Å²) in [5.74, 6) is 1.26. The number of rotatable bonds is 3. The summed E-state index contributed by atoms with van der Waals surface area (Å²) < 4.78 is 2.50. The first-order valence-corrected chi connectivity index (χ1v) is 7.76. The van der Waals surface area contributed by atoms with Crippen LogP contribution in [0.25, 0.3) is 11.0 Å². The fourth-order valence-corrected chi connectivity index (χ4v) is 3.31. The zero-order chi connectivity index (χ0) is 13.5. The van der Waals surface area contributed by atoms with Crippen LogP contribution in [-0.2, 0) is 0 Å². The van der Waals surface area contributed by atoms with Gasteiger partial charge in [-0.3, -0.25) is 4.90 Å². The molecule has 0 radical (unpaired) electrons. The number of aromatic nitrogens is 2. The Morgan fingerprint density at radius 2 is 1.95 bits per heavy atom. The summed E-state index contributed by atoms with van der Waals surface area (Å²) in [5.41, 5.74) is 2.46. The van der Waals surface area contributed by atoms with Crippen molar-refractivity contribution in [3.05, 3.63) is 30.1 Å². The molecule has 1 aromatic carbocycles. The highest BCUT2D eigenvalue weighted by molar-refractivity contribution is 5.76. The van der Waals surface area contributed by atoms with Crippen LogP contribution in [0.2, 0.25) is 0 Å². The van der Waals surface area contributed by atoms with Crippen molar-refractivity contribution in [3.8, 4) is 0 Å². The van der Waals surface area contributed by atoms with Crippen LogP contribution in [0, 0.1) is 0 Å². The van der Waals surface area contributed by atoms with Crippen LogP contribution in [0.4, 0.5) is 0 Å². The minimum atomic E-state index is 0.408. The van der Waals surface area contributed by atoms with Crippen molar-refractivity contribution < 1.29 is 0 Å². The Morgan fingerprint density at radius 3 is 2.70 bits per heavy atom. The lowest BCUT2D eigenvalue weighted by atomic mass is 10.2. The number of fused-ring (bicyclic) bond motifs is 1. The van der Waals surface area contributed by atoms with Crippen LogP contribution < -0.4 is 5.32 Å². The second kappa shape index (κ2) is 4.86. The summed E-state index contributed by atoms with van der Waals surface area (Å²) in [6.07, 6.45) is 2.61. The monoisotopic (exact) mass is 270 g/mol.